The molecule has 0 N–H and O–H groups in total. The predicted octanol–water partition coefficient (Wildman–Crippen LogP) is 2.95. The molecule has 0 radical (unpaired) electrons. The molecule has 0 bridgehead atoms. The molecule has 7 heteroatoms. The Balaban J connectivity index is 1.20. The number of carbonyl (C=O) groups is 1. The summed E-state index contributed by atoms with van der Waals surface area (Å²) in [5.74, 6) is 2.37. The molecule has 1 saturated heterocycles. The number of rotatable bonds is 8. The molecule has 1 amide bonds. The van der Waals surface area contributed by atoms with Crippen molar-refractivity contribution in [1.29, 1.82) is 0 Å². The molecule has 0 saturated carbocycles. The summed E-state index contributed by atoms with van der Waals surface area (Å²) in [4.78, 5) is 21.3. The van der Waals surface area contributed by atoms with Crippen LogP contribution in [-0.2, 0) is 24.2 Å². The quantitative estimate of drug-likeness (QED) is 0.558. The smallest absolute Gasteiger partial charge is 0.240 e. The average Bonchev–Trinajstić information content (AvgIpc) is 3.25. The fourth-order valence-electron chi connectivity index (χ4n) is 3.75. The summed E-state index contributed by atoms with van der Waals surface area (Å²) in [6, 6.07) is 18.0. The molecule has 2 heterocycles. The third kappa shape index (κ3) is 5.92. The lowest BCUT2D eigenvalue weighted by atomic mass is 10.1. The molecule has 2 aromatic carbocycles. The van der Waals surface area contributed by atoms with Crippen LogP contribution >= 0.6 is 0 Å². The predicted molar refractivity (Wildman–Crippen MR) is 117 cm³/mol. The molecule has 0 unspecified atom stereocenters. The summed E-state index contributed by atoms with van der Waals surface area (Å²) in [6.07, 6.45) is 1.94. The first-order valence-corrected chi connectivity index (χ1v) is 10.7. The molecule has 0 atom stereocenters. The fraction of sp³-hybridized carbons (Fsp3) is 0.375. The van der Waals surface area contributed by atoms with E-state index in [1.807, 2.05) is 47.4 Å². The molecule has 0 aliphatic carbocycles. The van der Waals surface area contributed by atoms with E-state index in [1.165, 1.54) is 0 Å². The summed E-state index contributed by atoms with van der Waals surface area (Å²) in [5.41, 5.74) is 2.31. The van der Waals surface area contributed by atoms with Gasteiger partial charge in [-0.1, -0.05) is 47.6 Å². The first-order chi connectivity index (χ1) is 15.2. The maximum Gasteiger partial charge on any atom is 0.240 e. The zero-order valence-electron chi connectivity index (χ0n) is 17.9. The van der Waals surface area contributed by atoms with Crippen molar-refractivity contribution in [3.8, 4) is 5.75 Å². The number of aromatic nitrogens is 2. The molecule has 4 rings (SSSR count). The number of aryl methyl sites for hydroxylation is 1. The van der Waals surface area contributed by atoms with Gasteiger partial charge in [0, 0.05) is 39.0 Å². The van der Waals surface area contributed by atoms with E-state index in [0.29, 0.717) is 31.1 Å². The van der Waals surface area contributed by atoms with E-state index in [4.69, 9.17) is 9.26 Å². The number of nitrogens with zero attached hydrogens (tertiary/aromatic N) is 4. The molecule has 0 spiro atoms. The van der Waals surface area contributed by atoms with Crippen LogP contribution in [0.3, 0.4) is 0 Å². The Morgan fingerprint density at radius 3 is 2.45 bits per heavy atom. The second kappa shape index (κ2) is 10.2. The molecule has 162 valence electrons. The first-order valence-electron chi connectivity index (χ1n) is 10.7. The van der Waals surface area contributed by atoms with E-state index >= 15 is 0 Å². The first kappa shape index (κ1) is 21.1. The summed E-state index contributed by atoms with van der Waals surface area (Å²) in [7, 11) is 1.65. The van der Waals surface area contributed by atoms with Gasteiger partial charge >= 0.3 is 0 Å². The van der Waals surface area contributed by atoms with Crippen LogP contribution in [0.4, 0.5) is 0 Å². The molecule has 1 fully saturated rings. The van der Waals surface area contributed by atoms with E-state index < -0.39 is 0 Å². The molecule has 1 aliphatic heterocycles. The van der Waals surface area contributed by atoms with Crippen molar-refractivity contribution in [2.75, 3.05) is 33.3 Å². The number of carbonyl (C=O) groups excluding carboxylic acids is 1. The largest absolute Gasteiger partial charge is 0.497 e. The van der Waals surface area contributed by atoms with E-state index in [9.17, 15) is 4.79 Å². The van der Waals surface area contributed by atoms with Crippen molar-refractivity contribution in [2.45, 2.75) is 25.8 Å². The van der Waals surface area contributed by atoms with Crippen molar-refractivity contribution in [3.05, 3.63) is 77.4 Å². The van der Waals surface area contributed by atoms with Gasteiger partial charge in [0.05, 0.1) is 13.7 Å². The normalized spacial score (nSPS) is 14.5. The van der Waals surface area contributed by atoms with Gasteiger partial charge in [-0.2, -0.15) is 4.98 Å². The standard InChI is InChI=1S/C24H28N4O3/c1-30-21-10-7-19(8-11-21)9-12-24(29)28-15-13-27(14-16-28)18-23-25-22(26-31-23)17-20-5-3-2-4-6-20/h2-8,10-11H,9,12-18H2,1H3. The number of hydrogen-bond acceptors (Lipinski definition) is 6. The number of ether oxygens (including phenoxy) is 1. The molecule has 7 nitrogen and oxygen atoms in total. The summed E-state index contributed by atoms with van der Waals surface area (Å²) >= 11 is 0. The van der Waals surface area contributed by atoms with E-state index in [-0.39, 0.29) is 5.91 Å². The molecule has 1 aliphatic rings. The molecule has 1 aromatic heterocycles. The topological polar surface area (TPSA) is 71.7 Å². The zero-order valence-corrected chi connectivity index (χ0v) is 17.9. The van der Waals surface area contributed by atoms with Crippen LogP contribution < -0.4 is 4.74 Å². The lowest BCUT2D eigenvalue weighted by Crippen LogP contribution is -2.48. The SMILES string of the molecule is COc1ccc(CCC(=O)N2CCN(Cc3nc(Cc4ccccc4)no3)CC2)cc1. The highest BCUT2D eigenvalue weighted by molar-refractivity contribution is 5.76. The van der Waals surface area contributed by atoms with Gasteiger partial charge in [0.1, 0.15) is 5.75 Å². The highest BCUT2D eigenvalue weighted by atomic mass is 16.5. The van der Waals surface area contributed by atoms with Gasteiger partial charge in [0.2, 0.25) is 11.8 Å². The number of methoxy groups -OCH3 is 1. The lowest BCUT2D eigenvalue weighted by Gasteiger charge is -2.34. The highest BCUT2D eigenvalue weighted by Crippen LogP contribution is 2.14. The van der Waals surface area contributed by atoms with Crippen LogP contribution in [0.5, 0.6) is 5.75 Å². The Morgan fingerprint density at radius 2 is 1.74 bits per heavy atom. The Morgan fingerprint density at radius 1 is 1.00 bits per heavy atom. The van der Waals surface area contributed by atoms with Crippen LogP contribution in [0, 0.1) is 0 Å². The highest BCUT2D eigenvalue weighted by Gasteiger charge is 2.22. The number of amides is 1. The van der Waals surface area contributed by atoms with Gasteiger partial charge in [-0.05, 0) is 29.7 Å². The molecular weight excluding hydrogens is 392 g/mol. The van der Waals surface area contributed by atoms with Crippen molar-refractivity contribution < 1.29 is 14.1 Å². The number of benzene rings is 2. The van der Waals surface area contributed by atoms with E-state index in [2.05, 4.69) is 27.2 Å². The minimum Gasteiger partial charge on any atom is -0.497 e. The van der Waals surface area contributed by atoms with Crippen LogP contribution in [0.25, 0.3) is 0 Å². The van der Waals surface area contributed by atoms with Gasteiger partial charge < -0.3 is 14.2 Å². The Hall–Kier alpha value is -3.19. The lowest BCUT2D eigenvalue weighted by molar-refractivity contribution is -0.133. The average molecular weight is 421 g/mol. The zero-order chi connectivity index (χ0) is 21.5. The maximum atomic E-state index is 12.6. The summed E-state index contributed by atoms with van der Waals surface area (Å²) in [6.45, 7) is 3.70. The monoisotopic (exact) mass is 420 g/mol. The second-order valence-corrected chi connectivity index (χ2v) is 7.77. The van der Waals surface area contributed by atoms with Crippen LogP contribution in [0.2, 0.25) is 0 Å². The van der Waals surface area contributed by atoms with Crippen molar-refractivity contribution in [2.24, 2.45) is 0 Å². The maximum absolute atomic E-state index is 12.6. The number of hydrogen-bond donors (Lipinski definition) is 0. The molecule has 31 heavy (non-hydrogen) atoms. The van der Waals surface area contributed by atoms with Gasteiger partial charge in [0.15, 0.2) is 5.82 Å². The van der Waals surface area contributed by atoms with Crippen LogP contribution in [-0.4, -0.2) is 59.1 Å². The summed E-state index contributed by atoms with van der Waals surface area (Å²) in [5, 5.41) is 4.10. The third-order valence-electron chi connectivity index (χ3n) is 5.59. The Labute approximate surface area is 182 Å². The molecule has 3 aromatic rings. The van der Waals surface area contributed by atoms with Gasteiger partial charge in [-0.15, -0.1) is 0 Å². The summed E-state index contributed by atoms with van der Waals surface area (Å²) < 4.78 is 10.6. The minimum absolute atomic E-state index is 0.207. The second-order valence-electron chi connectivity index (χ2n) is 7.77. The van der Waals surface area contributed by atoms with Gasteiger partial charge in [0.25, 0.3) is 0 Å². The Bertz CT molecular complexity index is 964. The fourth-order valence-corrected chi connectivity index (χ4v) is 3.75. The van der Waals surface area contributed by atoms with Crippen molar-refractivity contribution in [1.82, 2.24) is 19.9 Å². The Kier molecular flexibility index (Phi) is 6.94. The van der Waals surface area contributed by atoms with E-state index in [0.717, 1.165) is 49.5 Å². The van der Waals surface area contributed by atoms with Gasteiger partial charge in [-0.3, -0.25) is 9.69 Å². The minimum atomic E-state index is 0.207. The number of piperazine rings is 1. The molecular formula is C24H28N4O3. The van der Waals surface area contributed by atoms with Crippen molar-refractivity contribution in [3.63, 3.8) is 0 Å². The van der Waals surface area contributed by atoms with Gasteiger partial charge in [-0.25, -0.2) is 0 Å². The van der Waals surface area contributed by atoms with Crippen LogP contribution in [0.15, 0.2) is 59.1 Å². The van der Waals surface area contributed by atoms with E-state index in [1.54, 1.807) is 7.11 Å². The van der Waals surface area contributed by atoms with Crippen LogP contribution in [0.1, 0.15) is 29.3 Å². The van der Waals surface area contributed by atoms with Crippen molar-refractivity contribution >= 4 is 5.91 Å². The third-order valence-corrected chi connectivity index (χ3v) is 5.59.